The highest BCUT2D eigenvalue weighted by Gasteiger charge is 2.29. The molecule has 2 saturated heterocycles. The minimum Gasteiger partial charge on any atom is -0.493 e. The zero-order valence-electron chi connectivity index (χ0n) is 21.8. The molecule has 0 unspecified atom stereocenters. The first-order valence-corrected chi connectivity index (χ1v) is 13.6. The molecule has 1 aromatic heterocycles. The third-order valence-corrected chi connectivity index (χ3v) is 7.89. The summed E-state index contributed by atoms with van der Waals surface area (Å²) in [6.45, 7) is 10.1. The molecule has 4 heterocycles. The van der Waals surface area contributed by atoms with Crippen molar-refractivity contribution in [3.8, 4) is 5.75 Å². The smallest absolute Gasteiger partial charge is 0.255 e. The first-order chi connectivity index (χ1) is 18.1. The molecule has 3 aliphatic rings. The normalized spacial score (nSPS) is 23.9. The molecular formula is C30H36N4O3. The lowest BCUT2D eigenvalue weighted by Gasteiger charge is -2.37. The van der Waals surface area contributed by atoms with Gasteiger partial charge in [-0.2, -0.15) is 0 Å². The number of morpholine rings is 1. The molecule has 2 aromatic carbocycles. The number of nitrogens with zero attached hydrogens (tertiary/aromatic N) is 3. The van der Waals surface area contributed by atoms with Gasteiger partial charge in [0, 0.05) is 49.7 Å². The van der Waals surface area contributed by atoms with Gasteiger partial charge in [-0.25, -0.2) is 0 Å². The highest BCUT2D eigenvalue weighted by Crippen LogP contribution is 2.38. The number of para-hydroxylation sites is 2. The second-order valence-corrected chi connectivity index (χ2v) is 10.8. The van der Waals surface area contributed by atoms with E-state index in [0.29, 0.717) is 37.2 Å². The second-order valence-electron chi connectivity index (χ2n) is 10.8. The van der Waals surface area contributed by atoms with Gasteiger partial charge in [0.1, 0.15) is 5.75 Å². The van der Waals surface area contributed by atoms with Crippen molar-refractivity contribution in [3.05, 3.63) is 59.8 Å². The second kappa shape index (κ2) is 10.2. The van der Waals surface area contributed by atoms with Crippen LogP contribution in [0.2, 0.25) is 0 Å². The topological polar surface area (TPSA) is 66.9 Å². The summed E-state index contributed by atoms with van der Waals surface area (Å²) in [5.74, 6) is 2.04. The Morgan fingerprint density at radius 2 is 1.76 bits per heavy atom. The van der Waals surface area contributed by atoms with Gasteiger partial charge >= 0.3 is 0 Å². The number of pyridine rings is 1. The van der Waals surface area contributed by atoms with Gasteiger partial charge in [0.2, 0.25) is 0 Å². The summed E-state index contributed by atoms with van der Waals surface area (Å²) in [6, 6.07) is 14.3. The Balaban J connectivity index is 1.40. The highest BCUT2D eigenvalue weighted by molar-refractivity contribution is 6.09. The lowest BCUT2D eigenvalue weighted by atomic mass is 9.91. The van der Waals surface area contributed by atoms with E-state index in [0.717, 1.165) is 66.2 Å². The number of hydrogen-bond acceptors (Lipinski definition) is 6. The van der Waals surface area contributed by atoms with E-state index in [-0.39, 0.29) is 11.9 Å². The summed E-state index contributed by atoms with van der Waals surface area (Å²) in [5, 5.41) is 4.33. The Labute approximate surface area is 218 Å². The van der Waals surface area contributed by atoms with Crippen molar-refractivity contribution in [3.63, 3.8) is 0 Å². The molecular weight excluding hydrogens is 464 g/mol. The van der Waals surface area contributed by atoms with Gasteiger partial charge in [0.05, 0.1) is 48.3 Å². The van der Waals surface area contributed by atoms with Crippen LogP contribution >= 0.6 is 0 Å². The van der Waals surface area contributed by atoms with Gasteiger partial charge in [-0.3, -0.25) is 9.78 Å². The molecule has 3 atom stereocenters. The van der Waals surface area contributed by atoms with Crippen molar-refractivity contribution in [2.45, 2.75) is 32.7 Å². The SMILES string of the molecule is C[C@@H]1C[C@H](C)CN(c2cccc3c(N4CCOCC4)c(C(=O)N[C@H]4CCOc5ccccc54)cnc23)C1. The average Bonchev–Trinajstić information content (AvgIpc) is 2.92. The zero-order valence-corrected chi connectivity index (χ0v) is 21.8. The number of carbonyl (C=O) groups is 1. The largest absolute Gasteiger partial charge is 0.493 e. The number of carbonyl (C=O) groups excluding carboxylic acids is 1. The fourth-order valence-corrected chi connectivity index (χ4v) is 6.33. The first kappa shape index (κ1) is 24.0. The third-order valence-electron chi connectivity index (χ3n) is 7.89. The number of piperidine rings is 1. The number of hydrogen-bond donors (Lipinski definition) is 1. The quantitative estimate of drug-likeness (QED) is 0.555. The van der Waals surface area contributed by atoms with E-state index in [2.05, 4.69) is 47.2 Å². The van der Waals surface area contributed by atoms with Crippen molar-refractivity contribution in [1.29, 1.82) is 0 Å². The molecule has 7 heteroatoms. The van der Waals surface area contributed by atoms with Gasteiger partial charge in [0.25, 0.3) is 5.91 Å². The van der Waals surface area contributed by atoms with Crippen LogP contribution in [0.1, 0.15) is 48.7 Å². The van der Waals surface area contributed by atoms with Gasteiger partial charge in [0.15, 0.2) is 0 Å². The van der Waals surface area contributed by atoms with Crippen LogP contribution in [-0.4, -0.2) is 56.9 Å². The molecule has 0 spiro atoms. The molecule has 3 aromatic rings. The summed E-state index contributed by atoms with van der Waals surface area (Å²) in [5.41, 5.74) is 4.75. The number of aromatic nitrogens is 1. The molecule has 0 bridgehead atoms. The standard InChI is InChI=1S/C30H36N4O3/c1-20-16-21(2)19-34(18-20)26-8-5-7-23-28(26)31-17-24(29(23)33-11-14-36-15-12-33)30(35)32-25-10-13-37-27-9-4-3-6-22(25)27/h3-9,17,20-21,25H,10-16,18-19H2,1-2H3,(H,32,35)/t20-,21+,25-/m0/s1. The van der Waals surface area contributed by atoms with Gasteiger partial charge in [-0.15, -0.1) is 0 Å². The number of rotatable bonds is 4. The lowest BCUT2D eigenvalue weighted by molar-refractivity contribution is 0.0923. The number of anilines is 2. The molecule has 0 saturated carbocycles. The minimum atomic E-state index is -0.0942. The molecule has 6 rings (SSSR count). The van der Waals surface area contributed by atoms with Crippen molar-refractivity contribution in [1.82, 2.24) is 10.3 Å². The first-order valence-electron chi connectivity index (χ1n) is 13.6. The zero-order chi connectivity index (χ0) is 25.4. The van der Waals surface area contributed by atoms with E-state index in [1.54, 1.807) is 6.20 Å². The highest BCUT2D eigenvalue weighted by atomic mass is 16.5. The van der Waals surface area contributed by atoms with Crippen LogP contribution < -0.4 is 19.9 Å². The van der Waals surface area contributed by atoms with Crippen LogP contribution in [0.4, 0.5) is 11.4 Å². The van der Waals surface area contributed by atoms with Gasteiger partial charge < -0.3 is 24.6 Å². The van der Waals surface area contributed by atoms with Crippen molar-refractivity contribution < 1.29 is 14.3 Å². The van der Waals surface area contributed by atoms with Gasteiger partial charge in [-0.05, 0) is 30.4 Å². The van der Waals surface area contributed by atoms with E-state index in [9.17, 15) is 4.79 Å². The van der Waals surface area contributed by atoms with Gasteiger partial charge in [-0.1, -0.05) is 44.2 Å². The van der Waals surface area contributed by atoms with Crippen LogP contribution in [0.25, 0.3) is 10.9 Å². The number of benzene rings is 2. The van der Waals surface area contributed by atoms with Crippen molar-refractivity contribution >= 4 is 28.2 Å². The Bertz CT molecular complexity index is 1280. The van der Waals surface area contributed by atoms with E-state index in [4.69, 9.17) is 14.5 Å². The van der Waals surface area contributed by atoms with E-state index < -0.39 is 0 Å². The van der Waals surface area contributed by atoms with E-state index in [1.165, 1.54) is 6.42 Å². The maximum Gasteiger partial charge on any atom is 0.255 e. The maximum absolute atomic E-state index is 13.8. The molecule has 2 fully saturated rings. The monoisotopic (exact) mass is 500 g/mol. The van der Waals surface area contributed by atoms with Crippen molar-refractivity contribution in [2.75, 3.05) is 55.8 Å². The summed E-state index contributed by atoms with van der Waals surface area (Å²) >= 11 is 0. The summed E-state index contributed by atoms with van der Waals surface area (Å²) in [6.07, 6.45) is 3.79. The summed E-state index contributed by atoms with van der Waals surface area (Å²) in [4.78, 5) is 23.6. The molecule has 1 amide bonds. The Morgan fingerprint density at radius 3 is 2.57 bits per heavy atom. The number of nitrogens with one attached hydrogen (secondary N) is 1. The van der Waals surface area contributed by atoms with Crippen LogP contribution in [0.5, 0.6) is 5.75 Å². The Morgan fingerprint density at radius 1 is 0.973 bits per heavy atom. The van der Waals surface area contributed by atoms with Crippen molar-refractivity contribution in [2.24, 2.45) is 11.8 Å². The fourth-order valence-electron chi connectivity index (χ4n) is 6.33. The Kier molecular flexibility index (Phi) is 6.63. The number of ether oxygens (including phenoxy) is 2. The molecule has 37 heavy (non-hydrogen) atoms. The van der Waals surface area contributed by atoms with Crippen LogP contribution in [0, 0.1) is 11.8 Å². The maximum atomic E-state index is 13.8. The third kappa shape index (κ3) is 4.73. The molecule has 7 nitrogen and oxygen atoms in total. The summed E-state index contributed by atoms with van der Waals surface area (Å²) in [7, 11) is 0. The molecule has 3 aliphatic heterocycles. The minimum absolute atomic E-state index is 0.0895. The lowest BCUT2D eigenvalue weighted by Crippen LogP contribution is -2.39. The average molecular weight is 501 g/mol. The molecule has 0 radical (unpaired) electrons. The number of amides is 1. The van der Waals surface area contributed by atoms with Crippen LogP contribution in [0.3, 0.4) is 0 Å². The molecule has 0 aliphatic carbocycles. The van der Waals surface area contributed by atoms with Crippen LogP contribution in [0.15, 0.2) is 48.7 Å². The molecule has 194 valence electrons. The predicted molar refractivity (Wildman–Crippen MR) is 147 cm³/mol. The summed E-state index contributed by atoms with van der Waals surface area (Å²) < 4.78 is 11.5. The van der Waals surface area contributed by atoms with Crippen LogP contribution in [-0.2, 0) is 4.74 Å². The predicted octanol–water partition coefficient (Wildman–Crippen LogP) is 4.81. The number of fused-ring (bicyclic) bond motifs is 2. The fraction of sp³-hybridized carbons (Fsp3) is 0.467. The van der Waals surface area contributed by atoms with E-state index >= 15 is 0 Å². The molecule has 1 N–H and O–H groups in total. The van der Waals surface area contributed by atoms with E-state index in [1.807, 2.05) is 24.3 Å². The Hall–Kier alpha value is -3.32.